The number of nitrogens with one attached hydrogen (secondary N) is 1. The summed E-state index contributed by atoms with van der Waals surface area (Å²) in [6, 6.07) is 1.74. The molecule has 0 atom stereocenters. The first-order valence-electron chi connectivity index (χ1n) is 5.08. The third-order valence-corrected chi connectivity index (χ3v) is 2.92. The second kappa shape index (κ2) is 4.23. The fraction of sp³-hybridized carbons (Fsp3) is 0.600. The minimum Gasteiger partial charge on any atom is -0.478 e. The number of hydrogen-bond donors (Lipinski definition) is 1. The summed E-state index contributed by atoms with van der Waals surface area (Å²) in [4.78, 5) is 8.37. The Morgan fingerprint density at radius 1 is 1.60 bits per heavy atom. The van der Waals surface area contributed by atoms with E-state index in [4.69, 9.17) is 16.3 Å². The standard InChI is InChI=1S/C10H14ClN3O/c1-2-15-8-3-6-12-9(13-8)14-10(7-11)4-5-10/h3,6H,2,4-5,7H2,1H3,(H,12,13,14). The van der Waals surface area contributed by atoms with E-state index in [1.54, 1.807) is 12.3 Å². The highest BCUT2D eigenvalue weighted by atomic mass is 35.5. The lowest BCUT2D eigenvalue weighted by atomic mass is 10.3. The van der Waals surface area contributed by atoms with E-state index in [1.807, 2.05) is 6.92 Å². The quantitative estimate of drug-likeness (QED) is 0.783. The molecule has 0 bridgehead atoms. The summed E-state index contributed by atoms with van der Waals surface area (Å²) in [5, 5.41) is 3.24. The number of nitrogens with zero attached hydrogens (tertiary/aromatic N) is 2. The monoisotopic (exact) mass is 227 g/mol. The SMILES string of the molecule is CCOc1ccnc(NC2(CCl)CC2)n1. The van der Waals surface area contributed by atoms with Crippen molar-refractivity contribution in [3.8, 4) is 5.88 Å². The maximum atomic E-state index is 5.86. The maximum Gasteiger partial charge on any atom is 0.226 e. The van der Waals surface area contributed by atoms with E-state index < -0.39 is 0 Å². The van der Waals surface area contributed by atoms with Gasteiger partial charge in [-0.3, -0.25) is 0 Å². The molecule has 4 nitrogen and oxygen atoms in total. The molecule has 1 aliphatic carbocycles. The molecule has 0 saturated heterocycles. The van der Waals surface area contributed by atoms with Crippen LogP contribution in [0.1, 0.15) is 19.8 Å². The Balaban J connectivity index is 2.05. The van der Waals surface area contributed by atoms with Crippen LogP contribution in [-0.2, 0) is 0 Å². The van der Waals surface area contributed by atoms with Gasteiger partial charge in [0.2, 0.25) is 11.8 Å². The van der Waals surface area contributed by atoms with E-state index in [9.17, 15) is 0 Å². The molecule has 1 fully saturated rings. The Morgan fingerprint density at radius 3 is 3.00 bits per heavy atom. The van der Waals surface area contributed by atoms with Gasteiger partial charge in [0.25, 0.3) is 0 Å². The summed E-state index contributed by atoms with van der Waals surface area (Å²) in [6.07, 6.45) is 3.85. The molecule has 0 spiro atoms. The van der Waals surface area contributed by atoms with E-state index in [1.165, 1.54) is 0 Å². The molecule has 0 aliphatic heterocycles. The maximum absolute atomic E-state index is 5.86. The van der Waals surface area contributed by atoms with Crippen molar-refractivity contribution < 1.29 is 4.74 Å². The average molecular weight is 228 g/mol. The molecule has 0 aromatic carbocycles. The normalized spacial score (nSPS) is 17.2. The number of ether oxygens (including phenoxy) is 1. The molecule has 1 N–H and O–H groups in total. The zero-order valence-electron chi connectivity index (χ0n) is 8.66. The lowest BCUT2D eigenvalue weighted by Crippen LogP contribution is -2.24. The van der Waals surface area contributed by atoms with Crippen molar-refractivity contribution in [2.75, 3.05) is 17.8 Å². The third kappa shape index (κ3) is 2.50. The van der Waals surface area contributed by atoms with Crippen LogP contribution >= 0.6 is 11.6 Å². The summed E-state index contributed by atoms with van der Waals surface area (Å²) < 4.78 is 5.29. The molecule has 5 heteroatoms. The van der Waals surface area contributed by atoms with E-state index in [0.29, 0.717) is 24.3 Å². The summed E-state index contributed by atoms with van der Waals surface area (Å²) >= 11 is 5.86. The van der Waals surface area contributed by atoms with Crippen LogP contribution in [0.15, 0.2) is 12.3 Å². The average Bonchev–Trinajstić information content (AvgIpc) is 3.00. The first-order chi connectivity index (χ1) is 7.28. The van der Waals surface area contributed by atoms with Crippen molar-refractivity contribution in [1.29, 1.82) is 0 Å². The molecule has 0 radical (unpaired) electrons. The van der Waals surface area contributed by atoms with Crippen LogP contribution in [0.5, 0.6) is 5.88 Å². The van der Waals surface area contributed by atoms with Crippen molar-refractivity contribution in [1.82, 2.24) is 9.97 Å². The van der Waals surface area contributed by atoms with Gasteiger partial charge in [0.05, 0.1) is 12.1 Å². The topological polar surface area (TPSA) is 47.0 Å². The second-order valence-corrected chi connectivity index (χ2v) is 3.96. The number of rotatable bonds is 5. The van der Waals surface area contributed by atoms with Crippen LogP contribution in [0, 0.1) is 0 Å². The zero-order chi connectivity index (χ0) is 10.7. The molecular formula is C10H14ClN3O. The van der Waals surface area contributed by atoms with Gasteiger partial charge in [-0.1, -0.05) is 0 Å². The Bertz CT molecular complexity index is 341. The van der Waals surface area contributed by atoms with Gasteiger partial charge < -0.3 is 10.1 Å². The van der Waals surface area contributed by atoms with E-state index in [0.717, 1.165) is 12.8 Å². The Kier molecular flexibility index (Phi) is 2.95. The van der Waals surface area contributed by atoms with Gasteiger partial charge in [0, 0.05) is 18.1 Å². The van der Waals surface area contributed by atoms with Crippen LogP contribution in [0.3, 0.4) is 0 Å². The Morgan fingerprint density at radius 2 is 2.40 bits per heavy atom. The highest BCUT2D eigenvalue weighted by molar-refractivity contribution is 6.19. The molecule has 1 saturated carbocycles. The highest BCUT2D eigenvalue weighted by Crippen LogP contribution is 2.39. The van der Waals surface area contributed by atoms with Crippen molar-refractivity contribution in [2.24, 2.45) is 0 Å². The van der Waals surface area contributed by atoms with Gasteiger partial charge in [0.15, 0.2) is 0 Å². The summed E-state index contributed by atoms with van der Waals surface area (Å²) in [5.41, 5.74) is 0.0202. The number of halogens is 1. The van der Waals surface area contributed by atoms with Crippen LogP contribution < -0.4 is 10.1 Å². The van der Waals surface area contributed by atoms with Gasteiger partial charge in [-0.15, -0.1) is 11.6 Å². The summed E-state index contributed by atoms with van der Waals surface area (Å²) in [6.45, 7) is 2.54. The van der Waals surface area contributed by atoms with Gasteiger partial charge in [-0.05, 0) is 19.8 Å². The van der Waals surface area contributed by atoms with Crippen LogP contribution in [0.25, 0.3) is 0 Å². The molecule has 1 aromatic heterocycles. The van der Waals surface area contributed by atoms with Crippen molar-refractivity contribution in [3.63, 3.8) is 0 Å². The van der Waals surface area contributed by atoms with Crippen molar-refractivity contribution >= 4 is 17.5 Å². The number of alkyl halides is 1. The minimum atomic E-state index is 0.0202. The molecule has 15 heavy (non-hydrogen) atoms. The molecule has 1 aliphatic rings. The smallest absolute Gasteiger partial charge is 0.226 e. The number of hydrogen-bond acceptors (Lipinski definition) is 4. The zero-order valence-corrected chi connectivity index (χ0v) is 9.42. The Labute approximate surface area is 94.0 Å². The van der Waals surface area contributed by atoms with Gasteiger partial charge in [-0.25, -0.2) is 4.98 Å². The van der Waals surface area contributed by atoms with Crippen LogP contribution in [-0.4, -0.2) is 28.0 Å². The van der Waals surface area contributed by atoms with Crippen LogP contribution in [0.4, 0.5) is 5.95 Å². The predicted molar refractivity (Wildman–Crippen MR) is 59.5 cm³/mol. The van der Waals surface area contributed by atoms with E-state index in [-0.39, 0.29) is 5.54 Å². The predicted octanol–water partition coefficient (Wildman–Crippen LogP) is 2.06. The lowest BCUT2D eigenvalue weighted by molar-refractivity contribution is 0.326. The molecule has 0 unspecified atom stereocenters. The molecule has 1 aromatic rings. The largest absolute Gasteiger partial charge is 0.478 e. The molecular weight excluding hydrogens is 214 g/mol. The first kappa shape index (κ1) is 10.5. The first-order valence-corrected chi connectivity index (χ1v) is 5.61. The summed E-state index contributed by atoms with van der Waals surface area (Å²) in [7, 11) is 0. The lowest BCUT2D eigenvalue weighted by Gasteiger charge is -2.13. The number of anilines is 1. The molecule has 0 amide bonds. The second-order valence-electron chi connectivity index (χ2n) is 3.69. The van der Waals surface area contributed by atoms with E-state index in [2.05, 4.69) is 15.3 Å². The highest BCUT2D eigenvalue weighted by Gasteiger charge is 2.42. The van der Waals surface area contributed by atoms with Crippen molar-refractivity contribution in [3.05, 3.63) is 12.3 Å². The molecule has 1 heterocycles. The number of aromatic nitrogens is 2. The summed E-state index contributed by atoms with van der Waals surface area (Å²) in [5.74, 6) is 1.79. The third-order valence-electron chi connectivity index (χ3n) is 2.41. The van der Waals surface area contributed by atoms with Gasteiger partial charge in [0.1, 0.15) is 0 Å². The Hall–Kier alpha value is -1.03. The van der Waals surface area contributed by atoms with Crippen LogP contribution in [0.2, 0.25) is 0 Å². The van der Waals surface area contributed by atoms with E-state index >= 15 is 0 Å². The minimum absolute atomic E-state index is 0.0202. The van der Waals surface area contributed by atoms with Gasteiger partial charge >= 0.3 is 0 Å². The molecule has 2 rings (SSSR count). The van der Waals surface area contributed by atoms with Gasteiger partial charge in [-0.2, -0.15) is 4.98 Å². The fourth-order valence-corrected chi connectivity index (χ4v) is 1.64. The van der Waals surface area contributed by atoms with Crippen molar-refractivity contribution in [2.45, 2.75) is 25.3 Å². The molecule has 82 valence electrons. The fourth-order valence-electron chi connectivity index (χ4n) is 1.31.